The summed E-state index contributed by atoms with van der Waals surface area (Å²) in [6.07, 6.45) is -0.0625. The first-order chi connectivity index (χ1) is 10.3. The second-order valence-electron chi connectivity index (χ2n) is 6.04. The van der Waals surface area contributed by atoms with Gasteiger partial charge in [-0.25, -0.2) is 8.42 Å². The fourth-order valence-corrected chi connectivity index (χ4v) is 5.78. The highest BCUT2D eigenvalue weighted by molar-refractivity contribution is 7.92. The van der Waals surface area contributed by atoms with Crippen LogP contribution in [-0.2, 0) is 22.4 Å². The molecule has 1 aromatic carbocycles. The van der Waals surface area contributed by atoms with Crippen LogP contribution < -0.4 is 0 Å². The van der Waals surface area contributed by atoms with Crippen LogP contribution in [-0.4, -0.2) is 18.9 Å². The van der Waals surface area contributed by atoms with Gasteiger partial charge in [-0.2, -0.15) is 13.2 Å². The first-order valence-electron chi connectivity index (χ1n) is 7.36. The van der Waals surface area contributed by atoms with Crippen LogP contribution in [0.3, 0.4) is 0 Å². The first kappa shape index (κ1) is 15.6. The van der Waals surface area contributed by atoms with Gasteiger partial charge in [0.25, 0.3) is 0 Å². The molecule has 0 saturated carbocycles. The Kier molecular flexibility index (Phi) is 3.83. The summed E-state index contributed by atoms with van der Waals surface area (Å²) in [4.78, 5) is 0. The summed E-state index contributed by atoms with van der Waals surface area (Å²) in [6.45, 7) is 0. The van der Waals surface area contributed by atoms with Gasteiger partial charge in [0.2, 0.25) is 0 Å². The lowest BCUT2D eigenvalue weighted by atomic mass is 9.92. The Bertz CT molecular complexity index is 704. The molecule has 3 rings (SSSR count). The molecular formula is C16H17F3O2S. The zero-order valence-electron chi connectivity index (χ0n) is 11.9. The fourth-order valence-electron chi connectivity index (χ4n) is 3.47. The molecule has 0 spiro atoms. The van der Waals surface area contributed by atoms with Crippen LogP contribution in [0.5, 0.6) is 0 Å². The Balaban J connectivity index is 1.91. The van der Waals surface area contributed by atoms with E-state index in [0.717, 1.165) is 18.1 Å². The quantitative estimate of drug-likeness (QED) is 0.771. The molecule has 0 amide bonds. The van der Waals surface area contributed by atoms with Gasteiger partial charge in [-0.1, -0.05) is 36.3 Å². The molecule has 2 aliphatic rings. The molecule has 1 fully saturated rings. The van der Waals surface area contributed by atoms with Gasteiger partial charge in [-0.3, -0.25) is 0 Å². The minimum atomic E-state index is -4.38. The third kappa shape index (κ3) is 2.81. The highest BCUT2D eigenvalue weighted by Gasteiger charge is 2.40. The summed E-state index contributed by atoms with van der Waals surface area (Å²) in [6, 6.07) is 5.52. The number of hydrogen-bond donors (Lipinski definition) is 0. The van der Waals surface area contributed by atoms with Crippen LogP contribution in [0.1, 0.15) is 36.8 Å². The van der Waals surface area contributed by atoms with E-state index in [1.54, 1.807) is 12.1 Å². The van der Waals surface area contributed by atoms with Crippen LogP contribution in [0, 0.1) is 0 Å². The maximum atomic E-state index is 13.0. The summed E-state index contributed by atoms with van der Waals surface area (Å²) in [5.41, 5.74) is 0.411. The van der Waals surface area contributed by atoms with Gasteiger partial charge < -0.3 is 0 Å². The van der Waals surface area contributed by atoms with Crippen LogP contribution in [0.15, 0.2) is 35.9 Å². The third-order valence-electron chi connectivity index (χ3n) is 4.55. The number of fused-ring (bicyclic) bond motifs is 2. The van der Waals surface area contributed by atoms with Gasteiger partial charge in [0.05, 0.1) is 16.1 Å². The zero-order valence-corrected chi connectivity index (χ0v) is 12.8. The molecule has 1 aromatic rings. The lowest BCUT2D eigenvalue weighted by molar-refractivity contribution is -0.138. The van der Waals surface area contributed by atoms with Crippen LogP contribution in [0.2, 0.25) is 0 Å². The number of alkyl halides is 3. The molecule has 0 radical (unpaired) electrons. The Labute approximate surface area is 128 Å². The summed E-state index contributed by atoms with van der Waals surface area (Å²) in [7, 11) is -3.13. The number of allylic oxidation sites excluding steroid dienone is 1. The van der Waals surface area contributed by atoms with E-state index >= 15 is 0 Å². The average molecular weight is 330 g/mol. The Hall–Kier alpha value is -1.30. The second-order valence-corrected chi connectivity index (χ2v) is 8.49. The minimum Gasteiger partial charge on any atom is -0.228 e. The van der Waals surface area contributed by atoms with E-state index in [0.29, 0.717) is 19.3 Å². The maximum Gasteiger partial charge on any atom is 0.416 e. The zero-order chi connectivity index (χ0) is 16.0. The summed E-state index contributed by atoms with van der Waals surface area (Å²) in [5.74, 6) is 0. The smallest absolute Gasteiger partial charge is 0.228 e. The molecule has 120 valence electrons. The highest BCUT2D eigenvalue weighted by Crippen LogP contribution is 2.38. The summed E-state index contributed by atoms with van der Waals surface area (Å²) < 4.78 is 63.5. The average Bonchev–Trinajstić information content (AvgIpc) is 2.39. The minimum absolute atomic E-state index is 0.179. The molecule has 0 aromatic heterocycles. The maximum absolute atomic E-state index is 13.0. The molecule has 2 unspecified atom stereocenters. The fraction of sp³-hybridized carbons (Fsp3) is 0.500. The van der Waals surface area contributed by atoms with Crippen molar-refractivity contribution < 1.29 is 21.6 Å². The van der Waals surface area contributed by atoms with Crippen molar-refractivity contribution in [1.82, 2.24) is 0 Å². The van der Waals surface area contributed by atoms with Crippen molar-refractivity contribution in [3.05, 3.63) is 47.0 Å². The van der Waals surface area contributed by atoms with Crippen LogP contribution >= 0.6 is 0 Å². The molecule has 6 heteroatoms. The molecule has 0 aliphatic carbocycles. The lowest BCUT2D eigenvalue weighted by Gasteiger charge is -2.33. The number of benzene rings is 1. The molecule has 2 aliphatic heterocycles. The largest absolute Gasteiger partial charge is 0.416 e. The van der Waals surface area contributed by atoms with E-state index in [9.17, 15) is 21.6 Å². The van der Waals surface area contributed by atoms with E-state index in [1.807, 2.05) is 0 Å². The van der Waals surface area contributed by atoms with E-state index in [4.69, 9.17) is 0 Å². The molecule has 22 heavy (non-hydrogen) atoms. The van der Waals surface area contributed by atoms with Crippen molar-refractivity contribution in [2.24, 2.45) is 0 Å². The van der Waals surface area contributed by atoms with Gasteiger partial charge in [0.15, 0.2) is 9.84 Å². The first-order valence-corrected chi connectivity index (χ1v) is 8.97. The van der Waals surface area contributed by atoms with Crippen LogP contribution in [0.25, 0.3) is 0 Å². The molecule has 2 nitrogen and oxygen atoms in total. The molecule has 2 heterocycles. The monoisotopic (exact) mass is 330 g/mol. The molecule has 1 saturated heterocycles. The predicted molar refractivity (Wildman–Crippen MR) is 78.2 cm³/mol. The number of rotatable bonds is 2. The number of sulfone groups is 1. The lowest BCUT2D eigenvalue weighted by Crippen LogP contribution is -2.39. The van der Waals surface area contributed by atoms with Gasteiger partial charge in [-0.05, 0) is 37.3 Å². The second kappa shape index (κ2) is 5.41. The molecule has 2 bridgehead atoms. The van der Waals surface area contributed by atoms with Gasteiger partial charge in [0, 0.05) is 0 Å². The van der Waals surface area contributed by atoms with Crippen LogP contribution in [0.4, 0.5) is 13.2 Å². The predicted octanol–water partition coefficient (Wildman–Crippen LogP) is 3.91. The van der Waals surface area contributed by atoms with E-state index in [-0.39, 0.29) is 12.0 Å². The van der Waals surface area contributed by atoms with E-state index in [1.165, 1.54) is 12.1 Å². The molecular weight excluding hydrogens is 313 g/mol. The van der Waals surface area contributed by atoms with Gasteiger partial charge in [-0.15, -0.1) is 0 Å². The molecule has 2 atom stereocenters. The third-order valence-corrected chi connectivity index (χ3v) is 7.10. The topological polar surface area (TPSA) is 34.1 Å². The standard InChI is InChI=1S/C16H17F3O2S/c17-16(18,19)15-7-2-1-4-12(15)8-11-9-13-5-3-6-14(10-11)22(13,20)21/h1-2,4,7,9,13-14H,3,5-6,8,10H2. The van der Waals surface area contributed by atoms with Crippen molar-refractivity contribution in [3.63, 3.8) is 0 Å². The van der Waals surface area contributed by atoms with E-state index < -0.39 is 32.1 Å². The van der Waals surface area contributed by atoms with Crippen molar-refractivity contribution in [2.45, 2.75) is 48.8 Å². The number of halogens is 3. The SMILES string of the molecule is O=S1(=O)C2C=C(Cc3ccccc3C(F)(F)F)CC1CCC2. The summed E-state index contributed by atoms with van der Waals surface area (Å²) in [5, 5.41) is -0.919. The Morgan fingerprint density at radius 1 is 1.14 bits per heavy atom. The normalized spacial score (nSPS) is 27.3. The van der Waals surface area contributed by atoms with E-state index in [2.05, 4.69) is 0 Å². The van der Waals surface area contributed by atoms with Gasteiger partial charge in [0.1, 0.15) is 0 Å². The Morgan fingerprint density at radius 2 is 1.86 bits per heavy atom. The highest BCUT2D eigenvalue weighted by atomic mass is 32.2. The van der Waals surface area contributed by atoms with Crippen molar-refractivity contribution in [3.8, 4) is 0 Å². The number of hydrogen-bond acceptors (Lipinski definition) is 2. The van der Waals surface area contributed by atoms with Crippen molar-refractivity contribution >= 4 is 9.84 Å². The Morgan fingerprint density at radius 3 is 2.55 bits per heavy atom. The van der Waals surface area contributed by atoms with Crippen molar-refractivity contribution in [1.29, 1.82) is 0 Å². The van der Waals surface area contributed by atoms with Gasteiger partial charge >= 0.3 is 6.18 Å². The van der Waals surface area contributed by atoms with Crippen molar-refractivity contribution in [2.75, 3.05) is 0 Å². The summed E-state index contributed by atoms with van der Waals surface area (Å²) >= 11 is 0. The molecule has 0 N–H and O–H groups in total.